The number of aryl methyl sites for hydroxylation is 2. The van der Waals surface area contributed by atoms with Gasteiger partial charge in [-0.15, -0.1) is 5.41 Å². The first kappa shape index (κ1) is 34.1. The minimum Gasteiger partial charge on any atom is -0.517 e. The van der Waals surface area contributed by atoms with Crippen LogP contribution in [0.3, 0.4) is 0 Å². The average Bonchev–Trinajstić information content (AvgIpc) is 3.18. The second kappa shape index (κ2) is 14.9. The van der Waals surface area contributed by atoms with Crippen molar-refractivity contribution in [2.45, 2.75) is 84.8 Å². The maximum Gasteiger partial charge on any atom is 0.0140 e. The number of hydrogen-bond donors (Lipinski definition) is 0. The van der Waals surface area contributed by atoms with Crippen molar-refractivity contribution < 1.29 is 18.1 Å². The number of halogens is 2. The fourth-order valence-corrected chi connectivity index (χ4v) is 9.16. The van der Waals surface area contributed by atoms with Crippen LogP contribution >= 0.6 is 39.5 Å². The molecule has 0 radical (unpaired) electrons. The number of ether oxygens (including phenoxy) is 1. The van der Waals surface area contributed by atoms with E-state index in [9.17, 15) is 10.1 Å². The van der Waals surface area contributed by atoms with Crippen molar-refractivity contribution in [3.8, 4) is 5.75 Å². The minimum absolute atomic E-state index is 0.0627. The topological polar surface area (TPSA) is 55.6 Å². The summed E-state index contributed by atoms with van der Waals surface area (Å²) in [6.07, 6.45) is 3.34. The van der Waals surface area contributed by atoms with Gasteiger partial charge in [0.2, 0.25) is 0 Å². The van der Waals surface area contributed by atoms with Crippen LogP contribution in [-0.2, 0) is 26.7 Å². The van der Waals surface area contributed by atoms with Crippen LogP contribution < -0.4 is 9.64 Å². The zero-order valence-corrected chi connectivity index (χ0v) is 31.0. The first-order valence-corrected chi connectivity index (χ1v) is 25.3. The molecule has 0 aliphatic carbocycles. The molecule has 1 atom stereocenters. The Hall–Kier alpha value is -1.39. The molecule has 1 fully saturated rings. The number of para-hydroxylation sites is 1. The molecule has 0 unspecified atom stereocenters. The van der Waals surface area contributed by atoms with Crippen LogP contribution in [0.4, 0.5) is 11.4 Å². The van der Waals surface area contributed by atoms with Crippen LogP contribution in [0.15, 0.2) is 66.7 Å². The second-order valence-electron chi connectivity index (χ2n) is 11.4. The van der Waals surface area contributed by atoms with E-state index in [1.54, 1.807) is 12.1 Å². The molecule has 4 rings (SSSR count). The van der Waals surface area contributed by atoms with E-state index >= 15 is 0 Å². The fourth-order valence-electron chi connectivity index (χ4n) is 5.55. The molecule has 0 N–H and O–H groups in total. The van der Waals surface area contributed by atoms with Crippen LogP contribution in [0.25, 0.3) is 0 Å². The molecule has 0 bridgehead atoms. The molecule has 0 spiro atoms. The van der Waals surface area contributed by atoms with Gasteiger partial charge in [-0.3, -0.25) is 0 Å². The van der Waals surface area contributed by atoms with Crippen molar-refractivity contribution in [3.05, 3.63) is 106 Å². The smallest absolute Gasteiger partial charge is 0.0140 e. The van der Waals surface area contributed by atoms with Crippen LogP contribution in [0, 0.1) is 16.7 Å². The van der Waals surface area contributed by atoms with E-state index < -0.39 is 8.47 Å². The van der Waals surface area contributed by atoms with Crippen LogP contribution in [0.5, 0.6) is 5.75 Å². The van der Waals surface area contributed by atoms with E-state index in [0.29, 0.717) is 0 Å². The normalized spacial score (nSPS) is 18.0. The zero-order chi connectivity index (χ0) is 30.4. The van der Waals surface area contributed by atoms with Crippen molar-refractivity contribution >= 4 is 55.5 Å². The maximum absolute atomic E-state index is 10.7. The van der Waals surface area contributed by atoms with Gasteiger partial charge in [0.1, 0.15) is 0 Å². The van der Waals surface area contributed by atoms with Gasteiger partial charge in [0, 0.05) is 11.2 Å². The van der Waals surface area contributed by atoms with Crippen molar-refractivity contribution in [2.24, 2.45) is 0 Å². The summed E-state index contributed by atoms with van der Waals surface area (Å²) in [5.41, 5.74) is 6.88. The molecule has 0 amide bonds. The van der Waals surface area contributed by atoms with Gasteiger partial charge in [-0.05, 0) is 44.2 Å². The summed E-state index contributed by atoms with van der Waals surface area (Å²) in [5.74, 6) is 0.720. The monoisotopic (exact) mass is 869 g/mol. The molecular weight excluding hydrogens is 827 g/mol. The number of hydrogen-bond acceptors (Lipinski definition) is 4. The molecule has 3 aromatic rings. The summed E-state index contributed by atoms with van der Waals surface area (Å²) >= 11 is 4.75. The molecule has 41 heavy (non-hydrogen) atoms. The van der Waals surface area contributed by atoms with Gasteiger partial charge in [-0.2, -0.15) is 0 Å². The maximum atomic E-state index is 10.7. The Balaban J connectivity index is 0.000000241. The first-order chi connectivity index (χ1) is 19.3. The number of anilines is 1. The zero-order valence-electron chi connectivity index (χ0n) is 24.9. The number of non-ortho nitro benzene ring substituents is 1. The molecule has 0 aromatic heterocycles. The molecule has 1 aliphatic rings. The summed E-state index contributed by atoms with van der Waals surface area (Å²) < 4.78 is 7.72. The van der Waals surface area contributed by atoms with Gasteiger partial charge in [0.25, 0.3) is 0 Å². The van der Waals surface area contributed by atoms with Crippen LogP contribution in [-0.4, -0.2) is 21.2 Å². The third-order valence-electron chi connectivity index (χ3n) is 7.26. The van der Waals surface area contributed by atoms with Gasteiger partial charge < -0.3 is 4.90 Å². The molecule has 1 aliphatic heterocycles. The predicted octanol–water partition coefficient (Wildman–Crippen LogP) is 9.77. The minimum atomic E-state index is -1.05. The van der Waals surface area contributed by atoms with Crippen molar-refractivity contribution in [1.29, 1.82) is 0 Å². The van der Waals surface area contributed by atoms with Gasteiger partial charge in [-0.25, -0.2) is 6.54 Å². The Kier molecular flexibility index (Phi) is 12.4. The average molecular weight is 869 g/mol. The number of nitro groups is 1. The van der Waals surface area contributed by atoms with Gasteiger partial charge in [0.05, 0.1) is 0 Å². The molecular formula is C33H41I2N2O3Ru-. The van der Waals surface area contributed by atoms with Gasteiger partial charge in [-0.1, -0.05) is 74.9 Å². The molecule has 0 saturated carbocycles. The number of nitro benzene ring substituents is 1. The Morgan fingerprint density at radius 1 is 1.02 bits per heavy atom. The Morgan fingerprint density at radius 2 is 1.63 bits per heavy atom. The van der Waals surface area contributed by atoms with E-state index in [0.717, 1.165) is 30.6 Å². The van der Waals surface area contributed by atoms with Crippen LogP contribution in [0.1, 0.15) is 77.1 Å². The summed E-state index contributed by atoms with van der Waals surface area (Å²) in [5, 5.41) is 10.7. The van der Waals surface area contributed by atoms with E-state index in [4.69, 9.17) is 4.74 Å². The van der Waals surface area contributed by atoms with Gasteiger partial charge in [0.15, 0.2) is 0 Å². The Bertz CT molecular complexity index is 1350. The van der Waals surface area contributed by atoms with E-state index in [1.807, 2.05) is 13.8 Å². The summed E-state index contributed by atoms with van der Waals surface area (Å²) in [7, 11) is -1.05. The summed E-state index contributed by atoms with van der Waals surface area (Å²) in [6.45, 7) is 18.0. The molecule has 8 heteroatoms. The predicted molar refractivity (Wildman–Crippen MR) is 187 cm³/mol. The third kappa shape index (κ3) is 8.82. The van der Waals surface area contributed by atoms with E-state index in [-0.39, 0.29) is 27.7 Å². The Labute approximate surface area is 272 Å². The third-order valence-corrected chi connectivity index (χ3v) is 10.8. The summed E-state index contributed by atoms with van der Waals surface area (Å²) in [6, 6.07) is 22.5. The quantitative estimate of drug-likeness (QED) is 0.0745. The van der Waals surface area contributed by atoms with Gasteiger partial charge >= 0.3 is 128 Å². The second-order valence-corrected chi connectivity index (χ2v) is 31.2. The molecule has 1 heterocycles. The SMILES string of the molecule is CC(C)Oc1ccc([N+](=O)[O-])cc1[CH]=[Ru]([I])[I].CCc1cccc(CC)c1N1[CH-][C@](C)(c2ccccc2)CC1(C)C. The molecule has 3 aromatic carbocycles. The number of rotatable bonds is 8. The molecule has 1 saturated heterocycles. The van der Waals surface area contributed by atoms with Crippen molar-refractivity contribution in [3.63, 3.8) is 0 Å². The summed E-state index contributed by atoms with van der Waals surface area (Å²) in [4.78, 5) is 12.9. The van der Waals surface area contributed by atoms with Crippen molar-refractivity contribution in [1.82, 2.24) is 0 Å². The van der Waals surface area contributed by atoms with Crippen molar-refractivity contribution in [2.75, 3.05) is 4.90 Å². The Morgan fingerprint density at radius 3 is 2.15 bits per heavy atom. The van der Waals surface area contributed by atoms with E-state index in [2.05, 4.69) is 139 Å². The molecule has 224 valence electrons. The van der Waals surface area contributed by atoms with E-state index in [1.165, 1.54) is 28.4 Å². The standard InChI is InChI=1S/C23H30N.C10H11NO3.2HI.Ru/c1-6-18-12-11-13-19(7-2)21(18)24-17-23(5,16-22(24,3)4)20-14-9-8-10-15-20;1-7(2)14-10-5-4-9(11(12)13)6-8(10)3;;;/h8-15,17H,6-7,16H2,1-5H3;3-7H,1-2H3;2*1H;/q-1;;;;+2/p-2/t23-;;;;/m1..../s1. The number of nitrogens with zero attached hydrogens (tertiary/aromatic N) is 2. The largest absolute Gasteiger partial charge is 0.517 e. The fraction of sp³-hybridized carbons (Fsp3) is 0.394. The van der Waals surface area contributed by atoms with Crippen LogP contribution in [0.2, 0.25) is 0 Å². The first-order valence-electron chi connectivity index (χ1n) is 13.9. The molecule has 5 nitrogen and oxygen atoms in total. The number of benzene rings is 3.